The zero-order valence-electron chi connectivity index (χ0n) is 7.66. The van der Waals surface area contributed by atoms with Crippen molar-refractivity contribution in [3.63, 3.8) is 0 Å². The van der Waals surface area contributed by atoms with Crippen LogP contribution in [-0.4, -0.2) is 11.4 Å². The molecule has 0 saturated carbocycles. The number of benzene rings is 1. The summed E-state index contributed by atoms with van der Waals surface area (Å²) in [6.45, 7) is 5.78. The van der Waals surface area contributed by atoms with E-state index in [2.05, 4.69) is 0 Å². The minimum atomic E-state index is 0.171. The molecule has 1 N–H and O–H groups in total. The SMILES string of the molecule is CC.Cc1ccc(C=O)cc1O. The molecule has 0 amide bonds. The van der Waals surface area contributed by atoms with E-state index in [1.165, 1.54) is 6.07 Å². The third-order valence-electron chi connectivity index (χ3n) is 1.37. The van der Waals surface area contributed by atoms with E-state index >= 15 is 0 Å². The lowest BCUT2D eigenvalue weighted by Crippen LogP contribution is -1.80. The van der Waals surface area contributed by atoms with Gasteiger partial charge in [0.15, 0.2) is 0 Å². The molecule has 0 bridgehead atoms. The number of rotatable bonds is 1. The van der Waals surface area contributed by atoms with Gasteiger partial charge in [0.25, 0.3) is 0 Å². The largest absolute Gasteiger partial charge is 0.508 e. The van der Waals surface area contributed by atoms with Crippen molar-refractivity contribution in [1.29, 1.82) is 0 Å². The predicted octanol–water partition coefficient (Wildman–Crippen LogP) is 2.54. The second-order valence-corrected chi connectivity index (χ2v) is 2.16. The zero-order valence-corrected chi connectivity index (χ0v) is 7.66. The number of hydrogen-bond acceptors (Lipinski definition) is 2. The monoisotopic (exact) mass is 166 g/mol. The van der Waals surface area contributed by atoms with Gasteiger partial charge in [0.1, 0.15) is 12.0 Å². The van der Waals surface area contributed by atoms with Crippen molar-refractivity contribution in [3.8, 4) is 5.75 Å². The van der Waals surface area contributed by atoms with Gasteiger partial charge in [0, 0.05) is 5.56 Å². The first kappa shape index (κ1) is 10.7. The van der Waals surface area contributed by atoms with Gasteiger partial charge in [0.05, 0.1) is 0 Å². The van der Waals surface area contributed by atoms with Crippen LogP contribution in [0, 0.1) is 6.92 Å². The lowest BCUT2D eigenvalue weighted by Gasteiger charge is -1.96. The van der Waals surface area contributed by atoms with Crippen LogP contribution in [0.15, 0.2) is 18.2 Å². The lowest BCUT2D eigenvalue weighted by molar-refractivity contribution is 0.112. The average Bonchev–Trinajstić information content (AvgIpc) is 2.13. The molecule has 1 aromatic rings. The molecule has 2 nitrogen and oxygen atoms in total. The van der Waals surface area contributed by atoms with Gasteiger partial charge in [-0.1, -0.05) is 26.0 Å². The van der Waals surface area contributed by atoms with Crippen LogP contribution in [0.1, 0.15) is 29.8 Å². The summed E-state index contributed by atoms with van der Waals surface area (Å²) in [5.41, 5.74) is 1.29. The highest BCUT2D eigenvalue weighted by Crippen LogP contribution is 2.15. The van der Waals surface area contributed by atoms with Crippen LogP contribution in [0.5, 0.6) is 5.75 Å². The molecular weight excluding hydrogens is 152 g/mol. The number of aldehydes is 1. The minimum Gasteiger partial charge on any atom is -0.508 e. The molecule has 0 heterocycles. The van der Waals surface area contributed by atoms with E-state index in [1.54, 1.807) is 19.1 Å². The second-order valence-electron chi connectivity index (χ2n) is 2.16. The number of hydrogen-bond donors (Lipinski definition) is 1. The molecule has 0 spiro atoms. The van der Waals surface area contributed by atoms with Gasteiger partial charge in [-0.25, -0.2) is 0 Å². The maximum atomic E-state index is 10.2. The molecule has 1 aromatic carbocycles. The van der Waals surface area contributed by atoms with Crippen LogP contribution in [0.4, 0.5) is 0 Å². The summed E-state index contributed by atoms with van der Waals surface area (Å²) >= 11 is 0. The number of phenols is 1. The van der Waals surface area contributed by atoms with Crippen molar-refractivity contribution >= 4 is 6.29 Å². The van der Waals surface area contributed by atoms with Crippen LogP contribution in [0.3, 0.4) is 0 Å². The van der Waals surface area contributed by atoms with E-state index in [4.69, 9.17) is 5.11 Å². The fraction of sp³-hybridized carbons (Fsp3) is 0.300. The second kappa shape index (κ2) is 5.35. The van der Waals surface area contributed by atoms with E-state index in [9.17, 15) is 4.79 Å². The Morgan fingerprint density at radius 1 is 1.33 bits per heavy atom. The van der Waals surface area contributed by atoms with Gasteiger partial charge >= 0.3 is 0 Å². The van der Waals surface area contributed by atoms with Crippen LogP contribution >= 0.6 is 0 Å². The standard InChI is InChI=1S/C8H8O2.C2H6/c1-6-2-3-7(5-9)4-8(6)10;1-2/h2-5,10H,1H3;1-2H3. The van der Waals surface area contributed by atoms with Crippen LogP contribution in [0.25, 0.3) is 0 Å². The number of phenolic OH excluding ortho intramolecular Hbond substituents is 1. The fourth-order valence-corrected chi connectivity index (χ4v) is 0.700. The summed E-state index contributed by atoms with van der Waals surface area (Å²) < 4.78 is 0. The molecule has 0 radical (unpaired) electrons. The first-order valence-electron chi connectivity index (χ1n) is 3.99. The van der Waals surface area contributed by atoms with Gasteiger partial charge in [-0.15, -0.1) is 0 Å². The maximum Gasteiger partial charge on any atom is 0.150 e. The van der Waals surface area contributed by atoms with E-state index < -0.39 is 0 Å². The molecule has 0 atom stereocenters. The number of aryl methyl sites for hydroxylation is 1. The molecule has 0 saturated heterocycles. The quantitative estimate of drug-likeness (QED) is 0.651. The summed E-state index contributed by atoms with van der Waals surface area (Å²) in [4.78, 5) is 10.2. The Bertz CT molecular complexity index is 254. The maximum absolute atomic E-state index is 10.2. The van der Waals surface area contributed by atoms with E-state index in [1.807, 2.05) is 13.8 Å². The van der Waals surface area contributed by atoms with Crippen molar-refractivity contribution in [2.75, 3.05) is 0 Å². The van der Waals surface area contributed by atoms with E-state index in [-0.39, 0.29) is 5.75 Å². The molecule has 2 heteroatoms. The Morgan fingerprint density at radius 3 is 2.33 bits per heavy atom. The molecule has 0 fully saturated rings. The highest BCUT2D eigenvalue weighted by atomic mass is 16.3. The highest BCUT2D eigenvalue weighted by molar-refractivity contribution is 5.75. The van der Waals surface area contributed by atoms with Gasteiger partial charge in [-0.05, 0) is 18.6 Å². The Morgan fingerprint density at radius 2 is 1.92 bits per heavy atom. The molecule has 12 heavy (non-hydrogen) atoms. The van der Waals surface area contributed by atoms with Crippen molar-refractivity contribution in [2.45, 2.75) is 20.8 Å². The normalized spacial score (nSPS) is 8.25. The molecule has 1 rings (SSSR count). The molecule has 66 valence electrons. The predicted molar refractivity (Wildman–Crippen MR) is 49.6 cm³/mol. The van der Waals surface area contributed by atoms with Crippen LogP contribution in [-0.2, 0) is 0 Å². The molecule has 0 aliphatic heterocycles. The lowest BCUT2D eigenvalue weighted by atomic mass is 10.1. The van der Waals surface area contributed by atoms with Crippen molar-refractivity contribution < 1.29 is 9.90 Å². The average molecular weight is 166 g/mol. The zero-order chi connectivity index (χ0) is 9.56. The Kier molecular flexibility index (Phi) is 4.77. The topological polar surface area (TPSA) is 37.3 Å². The van der Waals surface area contributed by atoms with Crippen molar-refractivity contribution in [3.05, 3.63) is 29.3 Å². The summed E-state index contributed by atoms with van der Waals surface area (Å²) in [6.07, 6.45) is 0.708. The number of carbonyl (C=O) groups is 1. The summed E-state index contributed by atoms with van der Waals surface area (Å²) in [7, 11) is 0. The van der Waals surface area contributed by atoms with Gasteiger partial charge in [-0.2, -0.15) is 0 Å². The summed E-state index contributed by atoms with van der Waals surface area (Å²) in [5.74, 6) is 0.171. The number of carbonyl (C=O) groups excluding carboxylic acids is 1. The third-order valence-corrected chi connectivity index (χ3v) is 1.37. The molecule has 0 unspecified atom stereocenters. The highest BCUT2D eigenvalue weighted by Gasteiger charge is 1.95. The van der Waals surface area contributed by atoms with Gasteiger partial charge in [0.2, 0.25) is 0 Å². The molecule has 0 aliphatic rings. The van der Waals surface area contributed by atoms with Crippen molar-refractivity contribution in [2.24, 2.45) is 0 Å². The Labute approximate surface area is 72.9 Å². The summed E-state index contributed by atoms with van der Waals surface area (Å²) in [5, 5.41) is 9.07. The molecular formula is C10H14O2. The molecule has 0 aromatic heterocycles. The Hall–Kier alpha value is -1.31. The number of aromatic hydroxyl groups is 1. The first-order valence-corrected chi connectivity index (χ1v) is 3.99. The smallest absolute Gasteiger partial charge is 0.150 e. The minimum absolute atomic E-state index is 0.171. The molecule has 0 aliphatic carbocycles. The van der Waals surface area contributed by atoms with Gasteiger partial charge in [-0.3, -0.25) is 4.79 Å². The Balaban J connectivity index is 0.000000561. The van der Waals surface area contributed by atoms with E-state index in [0.29, 0.717) is 11.8 Å². The first-order chi connectivity index (χ1) is 5.74. The van der Waals surface area contributed by atoms with Gasteiger partial charge < -0.3 is 5.11 Å². The van der Waals surface area contributed by atoms with E-state index in [0.717, 1.165) is 5.56 Å². The van der Waals surface area contributed by atoms with Crippen molar-refractivity contribution in [1.82, 2.24) is 0 Å². The fourth-order valence-electron chi connectivity index (χ4n) is 0.700. The summed E-state index contributed by atoms with van der Waals surface area (Å²) in [6, 6.07) is 4.82. The van der Waals surface area contributed by atoms with Crippen LogP contribution < -0.4 is 0 Å². The third kappa shape index (κ3) is 2.74. The van der Waals surface area contributed by atoms with Crippen LogP contribution in [0.2, 0.25) is 0 Å².